The molecule has 0 amide bonds. The Morgan fingerprint density at radius 2 is 2.00 bits per heavy atom. The van der Waals surface area contributed by atoms with Crippen LogP contribution in [0.3, 0.4) is 0 Å². The van der Waals surface area contributed by atoms with Crippen LogP contribution in [0.1, 0.15) is 0 Å². The van der Waals surface area contributed by atoms with E-state index in [0.717, 1.165) is 5.69 Å². The number of nitrogens with zero attached hydrogens (tertiary/aromatic N) is 1. The molecule has 0 aliphatic rings. The van der Waals surface area contributed by atoms with E-state index in [4.69, 9.17) is 16.7 Å². The number of phenolic OH excluding ortho intramolecular Hbond substituents is 1. The van der Waals surface area contributed by atoms with E-state index in [-0.39, 0.29) is 5.75 Å². The van der Waals surface area contributed by atoms with Crippen LogP contribution >= 0.6 is 11.6 Å². The van der Waals surface area contributed by atoms with Crippen LogP contribution in [-0.4, -0.2) is 19.2 Å². The van der Waals surface area contributed by atoms with Crippen molar-refractivity contribution in [1.82, 2.24) is 0 Å². The minimum Gasteiger partial charge on any atom is -0.508 e. The van der Waals surface area contributed by atoms with Crippen molar-refractivity contribution >= 4 is 17.3 Å². The van der Waals surface area contributed by atoms with Gasteiger partial charge in [-0.15, -0.1) is 0 Å². The third-order valence-corrected chi connectivity index (χ3v) is 1.73. The first-order valence-corrected chi connectivity index (χ1v) is 3.65. The van der Waals surface area contributed by atoms with Gasteiger partial charge in [0, 0.05) is 20.2 Å². The van der Waals surface area contributed by atoms with Crippen LogP contribution < -0.4 is 4.90 Å². The number of hydrogen-bond acceptors (Lipinski definition) is 2. The molecule has 1 aromatic carbocycles. The lowest BCUT2D eigenvalue weighted by molar-refractivity contribution is 0.475. The molecule has 0 aliphatic carbocycles. The predicted molar refractivity (Wildman–Crippen MR) is 47.4 cm³/mol. The second kappa shape index (κ2) is 3.01. The molecule has 0 aromatic heterocycles. The molecule has 1 rings (SSSR count). The summed E-state index contributed by atoms with van der Waals surface area (Å²) in [6.07, 6.45) is 0. The Bertz CT molecular complexity index is 260. The number of hydrogen-bond donors (Lipinski definition) is 1. The fourth-order valence-corrected chi connectivity index (χ4v) is 1.13. The minimum absolute atomic E-state index is 0.234. The highest BCUT2D eigenvalue weighted by molar-refractivity contribution is 6.33. The first-order chi connectivity index (χ1) is 5.11. The van der Waals surface area contributed by atoms with Crippen LogP contribution in [0.2, 0.25) is 5.02 Å². The summed E-state index contributed by atoms with van der Waals surface area (Å²) in [6, 6.07) is 4.86. The van der Waals surface area contributed by atoms with Gasteiger partial charge in [0.25, 0.3) is 0 Å². The lowest BCUT2D eigenvalue weighted by Gasteiger charge is -2.13. The lowest BCUT2D eigenvalue weighted by atomic mass is 10.3. The van der Waals surface area contributed by atoms with Gasteiger partial charge in [-0.25, -0.2) is 0 Å². The van der Waals surface area contributed by atoms with Gasteiger partial charge in [-0.2, -0.15) is 0 Å². The first kappa shape index (κ1) is 8.21. The van der Waals surface area contributed by atoms with Crippen molar-refractivity contribution in [3.8, 4) is 5.75 Å². The summed E-state index contributed by atoms with van der Waals surface area (Å²) >= 11 is 5.84. The quantitative estimate of drug-likeness (QED) is 0.700. The van der Waals surface area contributed by atoms with E-state index in [2.05, 4.69) is 0 Å². The maximum absolute atomic E-state index is 9.10. The Balaban J connectivity index is 3.13. The van der Waals surface area contributed by atoms with E-state index in [0.29, 0.717) is 5.02 Å². The lowest BCUT2D eigenvalue weighted by Crippen LogP contribution is -2.08. The molecule has 0 atom stereocenters. The number of benzene rings is 1. The third kappa shape index (κ3) is 1.77. The SMILES string of the molecule is CN(C)c1cc(O)ccc1Cl. The molecular weight excluding hydrogens is 162 g/mol. The minimum atomic E-state index is 0.234. The summed E-state index contributed by atoms with van der Waals surface area (Å²) in [5.74, 6) is 0.234. The molecule has 60 valence electrons. The van der Waals surface area contributed by atoms with E-state index in [1.54, 1.807) is 18.2 Å². The van der Waals surface area contributed by atoms with Crippen LogP contribution in [0.25, 0.3) is 0 Å². The number of phenols is 1. The van der Waals surface area contributed by atoms with E-state index in [9.17, 15) is 0 Å². The summed E-state index contributed by atoms with van der Waals surface area (Å²) in [7, 11) is 3.75. The van der Waals surface area contributed by atoms with Gasteiger partial charge in [-0.05, 0) is 12.1 Å². The molecule has 0 unspecified atom stereocenters. The van der Waals surface area contributed by atoms with Gasteiger partial charge in [0.05, 0.1) is 10.7 Å². The number of rotatable bonds is 1. The van der Waals surface area contributed by atoms with Crippen molar-refractivity contribution in [2.24, 2.45) is 0 Å². The summed E-state index contributed by atoms with van der Waals surface area (Å²) in [4.78, 5) is 1.85. The average molecular weight is 172 g/mol. The second-order valence-electron chi connectivity index (χ2n) is 2.53. The normalized spacial score (nSPS) is 9.73. The molecule has 0 spiro atoms. The Morgan fingerprint density at radius 1 is 1.36 bits per heavy atom. The Labute approximate surface area is 71.0 Å². The van der Waals surface area contributed by atoms with Gasteiger partial charge in [-0.3, -0.25) is 0 Å². The van der Waals surface area contributed by atoms with E-state index < -0.39 is 0 Å². The van der Waals surface area contributed by atoms with Gasteiger partial charge in [0.15, 0.2) is 0 Å². The fraction of sp³-hybridized carbons (Fsp3) is 0.250. The average Bonchev–Trinajstić information content (AvgIpc) is 1.94. The van der Waals surface area contributed by atoms with E-state index in [1.165, 1.54) is 0 Å². The molecule has 2 nitrogen and oxygen atoms in total. The zero-order valence-electron chi connectivity index (χ0n) is 6.50. The molecule has 0 saturated carbocycles. The molecule has 0 bridgehead atoms. The fourth-order valence-electron chi connectivity index (χ4n) is 0.844. The van der Waals surface area contributed by atoms with Gasteiger partial charge in [-0.1, -0.05) is 11.6 Å². The van der Waals surface area contributed by atoms with Crippen LogP contribution in [0.15, 0.2) is 18.2 Å². The second-order valence-corrected chi connectivity index (χ2v) is 2.94. The highest BCUT2D eigenvalue weighted by Crippen LogP contribution is 2.27. The van der Waals surface area contributed by atoms with Crippen LogP contribution in [0, 0.1) is 0 Å². The third-order valence-electron chi connectivity index (χ3n) is 1.41. The standard InChI is InChI=1S/C8H10ClNO/c1-10(2)8-5-6(11)3-4-7(8)9/h3-5,11H,1-2H3. The van der Waals surface area contributed by atoms with Crippen LogP contribution in [-0.2, 0) is 0 Å². The van der Waals surface area contributed by atoms with Crippen molar-refractivity contribution in [2.45, 2.75) is 0 Å². The van der Waals surface area contributed by atoms with E-state index in [1.807, 2.05) is 19.0 Å². The van der Waals surface area contributed by atoms with Crippen LogP contribution in [0.5, 0.6) is 5.75 Å². The highest BCUT2D eigenvalue weighted by atomic mass is 35.5. The molecule has 11 heavy (non-hydrogen) atoms. The molecule has 0 radical (unpaired) electrons. The zero-order valence-corrected chi connectivity index (χ0v) is 7.26. The molecule has 1 N–H and O–H groups in total. The smallest absolute Gasteiger partial charge is 0.117 e. The van der Waals surface area contributed by atoms with Gasteiger partial charge in [0.2, 0.25) is 0 Å². The monoisotopic (exact) mass is 171 g/mol. The van der Waals surface area contributed by atoms with Gasteiger partial charge < -0.3 is 10.0 Å². The van der Waals surface area contributed by atoms with Crippen molar-refractivity contribution in [3.05, 3.63) is 23.2 Å². The molecule has 0 saturated heterocycles. The maximum atomic E-state index is 9.10. The van der Waals surface area contributed by atoms with E-state index >= 15 is 0 Å². The highest BCUT2D eigenvalue weighted by Gasteiger charge is 2.01. The molecule has 0 aliphatic heterocycles. The van der Waals surface area contributed by atoms with Gasteiger partial charge in [0.1, 0.15) is 5.75 Å². The zero-order chi connectivity index (χ0) is 8.43. The number of anilines is 1. The maximum Gasteiger partial charge on any atom is 0.117 e. The molecular formula is C8H10ClNO. The first-order valence-electron chi connectivity index (χ1n) is 3.27. The molecule has 3 heteroatoms. The number of halogens is 1. The largest absolute Gasteiger partial charge is 0.508 e. The van der Waals surface area contributed by atoms with Crippen molar-refractivity contribution < 1.29 is 5.11 Å². The van der Waals surface area contributed by atoms with Gasteiger partial charge >= 0.3 is 0 Å². The number of aromatic hydroxyl groups is 1. The topological polar surface area (TPSA) is 23.5 Å². The van der Waals surface area contributed by atoms with Crippen LogP contribution in [0.4, 0.5) is 5.69 Å². The Kier molecular flexibility index (Phi) is 2.25. The molecule has 0 heterocycles. The Hall–Kier alpha value is -0.890. The summed E-state index contributed by atoms with van der Waals surface area (Å²) in [5, 5.41) is 9.75. The summed E-state index contributed by atoms with van der Waals surface area (Å²) in [6.45, 7) is 0. The summed E-state index contributed by atoms with van der Waals surface area (Å²) < 4.78 is 0. The molecule has 0 fully saturated rings. The van der Waals surface area contributed by atoms with Crippen molar-refractivity contribution in [3.63, 3.8) is 0 Å². The van der Waals surface area contributed by atoms with Crippen molar-refractivity contribution in [2.75, 3.05) is 19.0 Å². The predicted octanol–water partition coefficient (Wildman–Crippen LogP) is 2.11. The summed E-state index contributed by atoms with van der Waals surface area (Å²) in [5.41, 5.74) is 0.826. The Morgan fingerprint density at radius 3 is 2.45 bits per heavy atom. The van der Waals surface area contributed by atoms with Crippen molar-refractivity contribution in [1.29, 1.82) is 0 Å². The molecule has 1 aromatic rings.